The first-order valence-corrected chi connectivity index (χ1v) is 9.15. The summed E-state index contributed by atoms with van der Waals surface area (Å²) >= 11 is 0. The van der Waals surface area contributed by atoms with Crippen LogP contribution >= 0.6 is 0 Å². The summed E-state index contributed by atoms with van der Waals surface area (Å²) in [5, 5.41) is 3.50. The van der Waals surface area contributed by atoms with Gasteiger partial charge in [0.05, 0.1) is 0 Å². The molecule has 0 amide bonds. The molecule has 0 radical (unpaired) electrons. The molecule has 2 rings (SSSR count). The highest BCUT2D eigenvalue weighted by Crippen LogP contribution is 2.36. The van der Waals surface area contributed by atoms with Crippen molar-refractivity contribution in [3.05, 3.63) is 0 Å². The predicted molar refractivity (Wildman–Crippen MR) is 91.8 cm³/mol. The lowest BCUT2D eigenvalue weighted by atomic mass is 9.79. The molecule has 3 heteroatoms. The number of piperidine rings is 1. The van der Waals surface area contributed by atoms with Gasteiger partial charge in [0, 0.05) is 19.6 Å². The summed E-state index contributed by atoms with van der Waals surface area (Å²) in [6, 6.07) is 0. The lowest BCUT2D eigenvalue weighted by molar-refractivity contribution is 0.0903. The largest absolute Gasteiger partial charge is 0.319 e. The van der Waals surface area contributed by atoms with E-state index in [0.29, 0.717) is 5.41 Å². The molecule has 0 aromatic rings. The molecule has 0 unspecified atom stereocenters. The average molecular weight is 296 g/mol. The number of nitrogens with zero attached hydrogens (tertiary/aromatic N) is 2. The van der Waals surface area contributed by atoms with Crippen molar-refractivity contribution in [2.24, 2.45) is 11.3 Å². The lowest BCUT2D eigenvalue weighted by Crippen LogP contribution is -2.46. The van der Waals surface area contributed by atoms with Crippen molar-refractivity contribution in [3.63, 3.8) is 0 Å². The maximum Gasteiger partial charge on any atom is 0.00501 e. The Labute approximate surface area is 132 Å². The van der Waals surface area contributed by atoms with E-state index in [-0.39, 0.29) is 0 Å². The molecule has 124 valence electrons. The van der Waals surface area contributed by atoms with E-state index in [4.69, 9.17) is 0 Å². The molecule has 1 heterocycles. The molecule has 1 saturated carbocycles. The van der Waals surface area contributed by atoms with E-state index in [9.17, 15) is 0 Å². The quantitative estimate of drug-likeness (QED) is 0.760. The third-order valence-electron chi connectivity index (χ3n) is 5.61. The zero-order valence-corrected chi connectivity index (χ0v) is 14.7. The summed E-state index contributed by atoms with van der Waals surface area (Å²) in [6.07, 6.45) is 11.5. The molecule has 0 spiro atoms. The first-order chi connectivity index (χ1) is 10.1. The summed E-state index contributed by atoms with van der Waals surface area (Å²) in [5.41, 5.74) is 0.555. The molecule has 1 aliphatic heterocycles. The van der Waals surface area contributed by atoms with Crippen LogP contribution in [0.2, 0.25) is 0 Å². The Morgan fingerprint density at radius 1 is 1.05 bits per heavy atom. The Bertz CT molecular complexity index is 274. The van der Waals surface area contributed by atoms with Crippen molar-refractivity contribution in [2.75, 3.05) is 53.9 Å². The number of hydrogen-bond donors (Lipinski definition) is 1. The molecule has 3 nitrogen and oxygen atoms in total. The van der Waals surface area contributed by atoms with Crippen molar-refractivity contribution in [1.82, 2.24) is 15.1 Å². The number of hydrogen-bond acceptors (Lipinski definition) is 3. The molecule has 2 fully saturated rings. The second kappa shape index (κ2) is 8.50. The van der Waals surface area contributed by atoms with Gasteiger partial charge in [0.1, 0.15) is 0 Å². The lowest BCUT2D eigenvalue weighted by Gasteiger charge is -2.41. The molecule has 1 N–H and O–H groups in total. The van der Waals surface area contributed by atoms with Crippen LogP contribution in [0.1, 0.15) is 51.4 Å². The fourth-order valence-corrected chi connectivity index (χ4v) is 4.56. The van der Waals surface area contributed by atoms with E-state index >= 15 is 0 Å². The van der Waals surface area contributed by atoms with Crippen LogP contribution in [0.3, 0.4) is 0 Å². The molecule has 0 atom stereocenters. The summed E-state index contributed by atoms with van der Waals surface area (Å²) in [7, 11) is 6.55. The minimum Gasteiger partial charge on any atom is -0.319 e. The van der Waals surface area contributed by atoms with Crippen molar-refractivity contribution in [1.29, 1.82) is 0 Å². The van der Waals surface area contributed by atoms with Gasteiger partial charge >= 0.3 is 0 Å². The number of likely N-dealkylation sites (tertiary alicyclic amines) is 1. The summed E-state index contributed by atoms with van der Waals surface area (Å²) in [5.74, 6) is 0.922. The topological polar surface area (TPSA) is 18.5 Å². The van der Waals surface area contributed by atoms with Crippen molar-refractivity contribution in [3.8, 4) is 0 Å². The number of nitrogens with one attached hydrogen (secondary N) is 1. The van der Waals surface area contributed by atoms with Gasteiger partial charge in [-0.2, -0.15) is 0 Å². The second-order valence-electron chi connectivity index (χ2n) is 7.93. The molecular formula is C18H37N3. The van der Waals surface area contributed by atoms with Crippen LogP contribution < -0.4 is 5.32 Å². The van der Waals surface area contributed by atoms with Gasteiger partial charge in [-0.25, -0.2) is 0 Å². The minimum atomic E-state index is 0.555. The molecule has 1 aliphatic carbocycles. The van der Waals surface area contributed by atoms with Crippen LogP contribution in [0.25, 0.3) is 0 Å². The van der Waals surface area contributed by atoms with Crippen LogP contribution in [0.5, 0.6) is 0 Å². The first kappa shape index (κ1) is 17.2. The van der Waals surface area contributed by atoms with Gasteiger partial charge in [0.15, 0.2) is 0 Å². The SMILES string of the molecule is CNCC1(CN2CCC(CN(C)C)CC2)CCCCCC1. The normalized spacial score (nSPS) is 25.1. The van der Waals surface area contributed by atoms with Crippen molar-refractivity contribution < 1.29 is 0 Å². The van der Waals surface area contributed by atoms with Gasteiger partial charge in [-0.05, 0) is 71.2 Å². The highest BCUT2D eigenvalue weighted by atomic mass is 15.1. The Hall–Kier alpha value is -0.120. The van der Waals surface area contributed by atoms with Gasteiger partial charge < -0.3 is 15.1 Å². The van der Waals surface area contributed by atoms with Crippen molar-refractivity contribution in [2.45, 2.75) is 51.4 Å². The minimum absolute atomic E-state index is 0.555. The summed E-state index contributed by atoms with van der Waals surface area (Å²) < 4.78 is 0. The average Bonchev–Trinajstić information content (AvgIpc) is 2.67. The van der Waals surface area contributed by atoms with Gasteiger partial charge in [0.25, 0.3) is 0 Å². The maximum atomic E-state index is 3.50. The Morgan fingerprint density at radius 3 is 2.19 bits per heavy atom. The Kier molecular flexibility index (Phi) is 6.97. The summed E-state index contributed by atoms with van der Waals surface area (Å²) in [6.45, 7) is 6.47. The van der Waals surface area contributed by atoms with E-state index in [1.807, 2.05) is 0 Å². The fourth-order valence-electron chi connectivity index (χ4n) is 4.56. The first-order valence-electron chi connectivity index (χ1n) is 9.15. The highest BCUT2D eigenvalue weighted by molar-refractivity contribution is 4.88. The molecule has 21 heavy (non-hydrogen) atoms. The summed E-state index contributed by atoms with van der Waals surface area (Å²) in [4.78, 5) is 5.13. The highest BCUT2D eigenvalue weighted by Gasteiger charge is 2.33. The maximum absolute atomic E-state index is 3.50. The third kappa shape index (κ3) is 5.54. The van der Waals surface area contributed by atoms with Crippen LogP contribution in [0.4, 0.5) is 0 Å². The Balaban J connectivity index is 1.84. The Morgan fingerprint density at radius 2 is 1.67 bits per heavy atom. The van der Waals surface area contributed by atoms with E-state index < -0.39 is 0 Å². The molecule has 0 bridgehead atoms. The van der Waals surface area contributed by atoms with E-state index in [2.05, 4.69) is 36.3 Å². The second-order valence-corrected chi connectivity index (χ2v) is 7.93. The van der Waals surface area contributed by atoms with E-state index in [0.717, 1.165) is 5.92 Å². The van der Waals surface area contributed by atoms with Gasteiger partial charge in [-0.15, -0.1) is 0 Å². The fraction of sp³-hybridized carbons (Fsp3) is 1.00. The van der Waals surface area contributed by atoms with Crippen molar-refractivity contribution >= 4 is 0 Å². The van der Waals surface area contributed by atoms with Gasteiger partial charge in [-0.1, -0.05) is 25.7 Å². The van der Waals surface area contributed by atoms with Crippen LogP contribution in [-0.4, -0.2) is 63.7 Å². The molecule has 0 aromatic heterocycles. The third-order valence-corrected chi connectivity index (χ3v) is 5.61. The molecular weight excluding hydrogens is 258 g/mol. The molecule has 2 aliphatic rings. The van der Waals surface area contributed by atoms with E-state index in [1.54, 1.807) is 0 Å². The zero-order valence-electron chi connectivity index (χ0n) is 14.7. The molecule has 1 saturated heterocycles. The van der Waals surface area contributed by atoms with Crippen LogP contribution in [0, 0.1) is 11.3 Å². The monoisotopic (exact) mass is 295 g/mol. The van der Waals surface area contributed by atoms with E-state index in [1.165, 1.54) is 84.1 Å². The van der Waals surface area contributed by atoms with Crippen LogP contribution in [-0.2, 0) is 0 Å². The van der Waals surface area contributed by atoms with Gasteiger partial charge in [0.2, 0.25) is 0 Å². The predicted octanol–water partition coefficient (Wildman–Crippen LogP) is 2.82. The smallest absolute Gasteiger partial charge is 0.00501 e. The zero-order chi connectivity index (χ0) is 15.1. The molecule has 0 aromatic carbocycles. The van der Waals surface area contributed by atoms with Gasteiger partial charge in [-0.3, -0.25) is 0 Å². The van der Waals surface area contributed by atoms with Crippen LogP contribution in [0.15, 0.2) is 0 Å². The standard InChI is InChI=1S/C18H37N3/c1-19-15-18(10-6-4-5-7-11-18)16-21-12-8-17(9-13-21)14-20(2)3/h17,19H,4-16H2,1-3H3. The number of rotatable bonds is 6.